The smallest absolute Gasteiger partial charge is 0.270 e. The lowest BCUT2D eigenvalue weighted by Gasteiger charge is -2.30. The zero-order valence-corrected chi connectivity index (χ0v) is 14.7. The molecule has 0 saturated carbocycles. The Balaban J connectivity index is 1.93. The Labute approximate surface area is 156 Å². The van der Waals surface area contributed by atoms with Gasteiger partial charge in [-0.05, 0) is 43.5 Å². The summed E-state index contributed by atoms with van der Waals surface area (Å²) in [5, 5.41) is 13.9. The average Bonchev–Trinajstić information content (AvgIpc) is 2.68. The van der Waals surface area contributed by atoms with E-state index in [0.717, 1.165) is 32.4 Å². The van der Waals surface area contributed by atoms with Crippen LogP contribution in [0, 0.1) is 10.1 Å². The van der Waals surface area contributed by atoms with E-state index in [1.807, 2.05) is 0 Å². The standard InChI is InChI=1S/C19H20N4O4/c20-18(24)13-5-4-6-14(11-13)21-19(25)16-12-15(23(26)27)7-8-17(16)22-9-2-1-3-10-22/h4-8,11-12H,1-3,9-10H2,(H2,20,24)(H,21,25). The minimum atomic E-state index is -0.601. The van der Waals surface area contributed by atoms with Crippen LogP contribution in [0.1, 0.15) is 40.0 Å². The van der Waals surface area contributed by atoms with Crippen LogP contribution in [-0.2, 0) is 0 Å². The molecule has 1 aliphatic rings. The van der Waals surface area contributed by atoms with Crippen molar-refractivity contribution in [2.75, 3.05) is 23.3 Å². The molecule has 3 N–H and O–H groups in total. The van der Waals surface area contributed by atoms with Crippen molar-refractivity contribution in [2.45, 2.75) is 19.3 Å². The van der Waals surface area contributed by atoms with Gasteiger partial charge in [-0.2, -0.15) is 0 Å². The van der Waals surface area contributed by atoms with Gasteiger partial charge in [-0.25, -0.2) is 0 Å². The summed E-state index contributed by atoms with van der Waals surface area (Å²) in [6.07, 6.45) is 3.16. The number of nitrogens with one attached hydrogen (secondary N) is 1. The van der Waals surface area contributed by atoms with Crippen molar-refractivity contribution >= 4 is 28.9 Å². The number of hydrogen-bond donors (Lipinski definition) is 2. The maximum atomic E-state index is 12.9. The van der Waals surface area contributed by atoms with E-state index in [-0.39, 0.29) is 16.8 Å². The molecule has 0 atom stereocenters. The molecule has 0 aliphatic carbocycles. The number of nitrogens with two attached hydrogens (primary N) is 1. The van der Waals surface area contributed by atoms with Gasteiger partial charge in [0.05, 0.1) is 16.2 Å². The fourth-order valence-electron chi connectivity index (χ4n) is 3.18. The summed E-state index contributed by atoms with van der Waals surface area (Å²) in [5.41, 5.74) is 6.68. The first-order chi connectivity index (χ1) is 13.0. The lowest BCUT2D eigenvalue weighted by molar-refractivity contribution is -0.384. The van der Waals surface area contributed by atoms with Gasteiger partial charge in [-0.3, -0.25) is 19.7 Å². The van der Waals surface area contributed by atoms with Crippen LogP contribution in [-0.4, -0.2) is 29.8 Å². The van der Waals surface area contributed by atoms with E-state index >= 15 is 0 Å². The highest BCUT2D eigenvalue weighted by Gasteiger charge is 2.22. The Morgan fingerprint density at radius 2 is 1.81 bits per heavy atom. The van der Waals surface area contributed by atoms with E-state index in [9.17, 15) is 19.7 Å². The average molecular weight is 368 g/mol. The normalized spacial score (nSPS) is 13.9. The number of amides is 2. The van der Waals surface area contributed by atoms with Crippen molar-refractivity contribution in [3.8, 4) is 0 Å². The van der Waals surface area contributed by atoms with Gasteiger partial charge in [-0.1, -0.05) is 6.07 Å². The van der Waals surface area contributed by atoms with Gasteiger partial charge in [-0.15, -0.1) is 0 Å². The Bertz CT molecular complexity index is 891. The number of nitro groups is 1. The topological polar surface area (TPSA) is 119 Å². The molecule has 8 heteroatoms. The third-order valence-corrected chi connectivity index (χ3v) is 4.54. The van der Waals surface area contributed by atoms with Crippen LogP contribution in [0.4, 0.5) is 17.1 Å². The van der Waals surface area contributed by atoms with Crippen LogP contribution in [0.2, 0.25) is 0 Å². The zero-order valence-electron chi connectivity index (χ0n) is 14.7. The number of piperidine rings is 1. The molecule has 0 spiro atoms. The lowest BCUT2D eigenvalue weighted by Crippen LogP contribution is -2.31. The predicted octanol–water partition coefficient (Wildman–Crippen LogP) is 2.94. The Morgan fingerprint density at radius 3 is 2.48 bits per heavy atom. The molecule has 1 heterocycles. The molecule has 0 radical (unpaired) electrons. The zero-order chi connectivity index (χ0) is 19.4. The molecule has 0 unspecified atom stereocenters. The molecule has 2 amide bonds. The van der Waals surface area contributed by atoms with E-state index in [4.69, 9.17) is 5.73 Å². The number of rotatable bonds is 5. The van der Waals surface area contributed by atoms with E-state index in [2.05, 4.69) is 10.2 Å². The number of benzene rings is 2. The summed E-state index contributed by atoms with van der Waals surface area (Å²) in [6, 6.07) is 10.6. The van der Waals surface area contributed by atoms with E-state index < -0.39 is 16.7 Å². The van der Waals surface area contributed by atoms with Crippen molar-refractivity contribution in [2.24, 2.45) is 5.73 Å². The SMILES string of the molecule is NC(=O)c1cccc(NC(=O)c2cc([N+](=O)[O-])ccc2N2CCCCC2)c1. The van der Waals surface area contributed by atoms with Gasteiger partial charge >= 0.3 is 0 Å². The largest absolute Gasteiger partial charge is 0.371 e. The number of carbonyl (C=O) groups excluding carboxylic acids is 2. The molecule has 1 aliphatic heterocycles. The van der Waals surface area contributed by atoms with Gasteiger partial charge < -0.3 is 16.0 Å². The van der Waals surface area contributed by atoms with Crippen molar-refractivity contribution < 1.29 is 14.5 Å². The second-order valence-corrected chi connectivity index (χ2v) is 6.41. The third-order valence-electron chi connectivity index (χ3n) is 4.54. The molecule has 8 nitrogen and oxygen atoms in total. The van der Waals surface area contributed by atoms with Gasteiger partial charge in [0.15, 0.2) is 0 Å². The maximum absolute atomic E-state index is 12.9. The van der Waals surface area contributed by atoms with Gasteiger partial charge in [0.25, 0.3) is 11.6 Å². The molecule has 0 bridgehead atoms. The quantitative estimate of drug-likeness (QED) is 0.621. The molecule has 140 valence electrons. The van der Waals surface area contributed by atoms with Crippen molar-refractivity contribution in [1.29, 1.82) is 0 Å². The number of non-ortho nitro benzene ring substituents is 1. The highest BCUT2D eigenvalue weighted by Crippen LogP contribution is 2.29. The third kappa shape index (κ3) is 4.22. The number of carbonyl (C=O) groups is 2. The Kier molecular flexibility index (Phi) is 5.35. The van der Waals surface area contributed by atoms with Gasteiger partial charge in [0.1, 0.15) is 0 Å². The summed E-state index contributed by atoms with van der Waals surface area (Å²) in [5.74, 6) is -1.07. The van der Waals surface area contributed by atoms with Crippen LogP contribution < -0.4 is 16.0 Å². The number of nitro benzene ring substituents is 1. The number of anilines is 2. The van der Waals surface area contributed by atoms with Crippen LogP contribution in [0.25, 0.3) is 0 Å². The number of hydrogen-bond acceptors (Lipinski definition) is 5. The first kappa shape index (κ1) is 18.4. The molecular weight excluding hydrogens is 348 g/mol. The Morgan fingerprint density at radius 1 is 1.07 bits per heavy atom. The summed E-state index contributed by atoms with van der Waals surface area (Å²) in [4.78, 5) is 36.9. The van der Waals surface area contributed by atoms with E-state index in [1.165, 1.54) is 18.2 Å². The van der Waals surface area contributed by atoms with Gasteiger partial charge in [0, 0.05) is 36.5 Å². The van der Waals surface area contributed by atoms with Crippen LogP contribution in [0.15, 0.2) is 42.5 Å². The van der Waals surface area contributed by atoms with Gasteiger partial charge in [0.2, 0.25) is 5.91 Å². The molecule has 2 aromatic carbocycles. The molecular formula is C19H20N4O4. The van der Waals surface area contributed by atoms with Crippen LogP contribution in [0.3, 0.4) is 0 Å². The molecule has 1 saturated heterocycles. The molecule has 2 aromatic rings. The first-order valence-corrected chi connectivity index (χ1v) is 8.70. The van der Waals surface area contributed by atoms with Crippen molar-refractivity contribution in [3.63, 3.8) is 0 Å². The second-order valence-electron chi connectivity index (χ2n) is 6.41. The summed E-state index contributed by atoms with van der Waals surface area (Å²) in [7, 11) is 0. The second kappa shape index (κ2) is 7.86. The fourth-order valence-corrected chi connectivity index (χ4v) is 3.18. The van der Waals surface area contributed by atoms with Crippen molar-refractivity contribution in [1.82, 2.24) is 0 Å². The van der Waals surface area contributed by atoms with Crippen LogP contribution >= 0.6 is 0 Å². The minimum Gasteiger partial charge on any atom is -0.371 e. The molecule has 1 fully saturated rings. The molecule has 0 aromatic heterocycles. The number of nitrogens with zero attached hydrogens (tertiary/aromatic N) is 2. The van der Waals surface area contributed by atoms with Crippen molar-refractivity contribution in [3.05, 3.63) is 63.7 Å². The van der Waals surface area contributed by atoms with Crippen LogP contribution in [0.5, 0.6) is 0 Å². The lowest BCUT2D eigenvalue weighted by atomic mass is 10.1. The summed E-state index contributed by atoms with van der Waals surface area (Å²) < 4.78 is 0. The predicted molar refractivity (Wildman–Crippen MR) is 102 cm³/mol. The maximum Gasteiger partial charge on any atom is 0.270 e. The molecule has 3 rings (SSSR count). The fraction of sp³-hybridized carbons (Fsp3) is 0.263. The summed E-state index contributed by atoms with van der Waals surface area (Å²) >= 11 is 0. The van der Waals surface area contributed by atoms with E-state index in [1.54, 1.807) is 24.3 Å². The first-order valence-electron chi connectivity index (χ1n) is 8.70. The Hall–Kier alpha value is -3.42. The highest BCUT2D eigenvalue weighted by molar-refractivity contribution is 6.09. The number of primary amides is 1. The molecule has 27 heavy (non-hydrogen) atoms. The minimum absolute atomic E-state index is 0.146. The highest BCUT2D eigenvalue weighted by atomic mass is 16.6. The van der Waals surface area contributed by atoms with E-state index in [0.29, 0.717) is 11.4 Å². The monoisotopic (exact) mass is 368 g/mol. The summed E-state index contributed by atoms with van der Waals surface area (Å²) in [6.45, 7) is 1.60.